The number of anilines is 1. The van der Waals surface area contributed by atoms with Gasteiger partial charge in [0.25, 0.3) is 0 Å². The number of hydrogen-bond acceptors (Lipinski definition) is 6. The summed E-state index contributed by atoms with van der Waals surface area (Å²) in [5.74, 6) is 1.45. The number of ether oxygens (including phenoxy) is 2. The van der Waals surface area contributed by atoms with Crippen LogP contribution in [-0.4, -0.2) is 29.0 Å². The average Bonchev–Trinajstić information content (AvgIpc) is 3.18. The fourth-order valence-corrected chi connectivity index (χ4v) is 3.34. The van der Waals surface area contributed by atoms with Crippen molar-refractivity contribution in [2.45, 2.75) is 13.5 Å². The van der Waals surface area contributed by atoms with Gasteiger partial charge in [0, 0.05) is 19.8 Å². The molecule has 0 saturated carbocycles. The van der Waals surface area contributed by atoms with Crippen LogP contribution in [0.1, 0.15) is 11.3 Å². The molecule has 0 aliphatic carbocycles. The minimum atomic E-state index is 0.662. The molecule has 0 aliphatic rings. The summed E-state index contributed by atoms with van der Waals surface area (Å²) in [6.45, 7) is 2.66. The molecular weight excluding hydrogens is 324 g/mol. The number of aromatic nitrogens is 3. The molecule has 1 N–H and O–H groups in total. The Kier molecular flexibility index (Phi) is 4.71. The highest BCUT2D eigenvalue weighted by Gasteiger charge is 2.12. The zero-order chi connectivity index (χ0) is 17.1. The summed E-state index contributed by atoms with van der Waals surface area (Å²) in [6.07, 6.45) is 1.94. The van der Waals surface area contributed by atoms with Crippen LogP contribution in [0.15, 0.2) is 30.5 Å². The normalized spacial score (nSPS) is 10.7. The Balaban J connectivity index is 1.73. The van der Waals surface area contributed by atoms with Gasteiger partial charge in [0.05, 0.1) is 24.8 Å². The molecule has 3 aromatic rings. The van der Waals surface area contributed by atoms with E-state index in [0.29, 0.717) is 6.54 Å². The minimum Gasteiger partial charge on any atom is -0.493 e. The van der Waals surface area contributed by atoms with Gasteiger partial charge in [0.15, 0.2) is 16.6 Å². The van der Waals surface area contributed by atoms with Crippen molar-refractivity contribution in [2.24, 2.45) is 7.05 Å². The summed E-state index contributed by atoms with van der Waals surface area (Å²) in [6, 6.07) is 7.88. The van der Waals surface area contributed by atoms with Crippen molar-refractivity contribution in [3.63, 3.8) is 0 Å². The SMILES string of the molecule is COc1ccc(CNc2nc(C)c(-c3ccn(C)n3)s2)cc1OC. The van der Waals surface area contributed by atoms with Gasteiger partial charge < -0.3 is 14.8 Å². The van der Waals surface area contributed by atoms with E-state index in [2.05, 4.69) is 15.4 Å². The molecule has 3 rings (SSSR count). The topological polar surface area (TPSA) is 61.2 Å². The van der Waals surface area contributed by atoms with Gasteiger partial charge in [0.1, 0.15) is 5.69 Å². The van der Waals surface area contributed by atoms with Crippen LogP contribution < -0.4 is 14.8 Å². The molecule has 2 aromatic heterocycles. The van der Waals surface area contributed by atoms with Crippen molar-refractivity contribution in [3.8, 4) is 22.1 Å². The Morgan fingerprint density at radius 1 is 1.17 bits per heavy atom. The lowest BCUT2D eigenvalue weighted by Crippen LogP contribution is -2.00. The highest BCUT2D eigenvalue weighted by atomic mass is 32.1. The van der Waals surface area contributed by atoms with Gasteiger partial charge in [0.2, 0.25) is 0 Å². The largest absolute Gasteiger partial charge is 0.493 e. The summed E-state index contributed by atoms with van der Waals surface area (Å²) in [5, 5.41) is 8.69. The van der Waals surface area contributed by atoms with E-state index in [1.165, 1.54) is 0 Å². The van der Waals surface area contributed by atoms with E-state index in [-0.39, 0.29) is 0 Å². The molecule has 1 aromatic carbocycles. The second-order valence-corrected chi connectivity index (χ2v) is 6.35. The number of methoxy groups -OCH3 is 2. The molecule has 0 aliphatic heterocycles. The maximum absolute atomic E-state index is 5.34. The predicted molar refractivity (Wildman–Crippen MR) is 95.9 cm³/mol. The van der Waals surface area contributed by atoms with Gasteiger partial charge in [-0.2, -0.15) is 5.10 Å². The van der Waals surface area contributed by atoms with Crippen LogP contribution in [0, 0.1) is 6.92 Å². The molecule has 0 fully saturated rings. The van der Waals surface area contributed by atoms with E-state index < -0.39 is 0 Å². The van der Waals surface area contributed by atoms with Crippen molar-refractivity contribution in [3.05, 3.63) is 41.7 Å². The zero-order valence-corrected chi connectivity index (χ0v) is 15.0. The Bertz CT molecular complexity index is 841. The van der Waals surface area contributed by atoms with Gasteiger partial charge in [-0.3, -0.25) is 4.68 Å². The summed E-state index contributed by atoms with van der Waals surface area (Å²) in [5.41, 5.74) is 3.03. The van der Waals surface area contributed by atoms with Crippen LogP contribution >= 0.6 is 11.3 Å². The van der Waals surface area contributed by atoms with Crippen molar-refractivity contribution in [1.29, 1.82) is 0 Å². The standard InChI is InChI=1S/C17H20N4O2S/c1-11-16(13-7-8-21(2)20-13)24-17(19-11)18-10-12-5-6-14(22-3)15(9-12)23-4/h5-9H,10H2,1-4H3,(H,18,19). The van der Waals surface area contributed by atoms with Crippen LogP contribution in [0.3, 0.4) is 0 Å². The van der Waals surface area contributed by atoms with Gasteiger partial charge in [-0.25, -0.2) is 4.98 Å². The number of nitrogens with zero attached hydrogens (tertiary/aromatic N) is 3. The Labute approximate surface area is 145 Å². The molecule has 0 unspecified atom stereocenters. The first-order valence-electron chi connectivity index (χ1n) is 7.53. The van der Waals surface area contributed by atoms with E-state index in [0.717, 1.165) is 38.5 Å². The van der Waals surface area contributed by atoms with Crippen LogP contribution in [0.4, 0.5) is 5.13 Å². The lowest BCUT2D eigenvalue weighted by Gasteiger charge is -2.09. The maximum atomic E-state index is 5.34. The first-order chi connectivity index (χ1) is 11.6. The van der Waals surface area contributed by atoms with E-state index in [1.54, 1.807) is 30.2 Å². The van der Waals surface area contributed by atoms with Crippen LogP contribution in [0.5, 0.6) is 11.5 Å². The zero-order valence-electron chi connectivity index (χ0n) is 14.2. The number of benzene rings is 1. The summed E-state index contributed by atoms with van der Waals surface area (Å²) in [7, 11) is 5.18. The second kappa shape index (κ2) is 6.92. The second-order valence-electron chi connectivity index (χ2n) is 5.35. The summed E-state index contributed by atoms with van der Waals surface area (Å²) >= 11 is 1.61. The third-order valence-corrected chi connectivity index (χ3v) is 4.77. The molecule has 0 saturated heterocycles. The number of hydrogen-bond donors (Lipinski definition) is 1. The molecular formula is C17H20N4O2S. The summed E-state index contributed by atoms with van der Waals surface area (Å²) in [4.78, 5) is 5.68. The Hall–Kier alpha value is -2.54. The Morgan fingerprint density at radius 2 is 1.96 bits per heavy atom. The fraction of sp³-hybridized carbons (Fsp3) is 0.294. The number of thiazole rings is 1. The lowest BCUT2D eigenvalue weighted by atomic mass is 10.2. The first kappa shape index (κ1) is 16.3. The quantitative estimate of drug-likeness (QED) is 0.742. The summed E-state index contributed by atoms with van der Waals surface area (Å²) < 4.78 is 12.4. The molecule has 0 bridgehead atoms. The smallest absolute Gasteiger partial charge is 0.183 e. The molecule has 0 radical (unpaired) electrons. The van der Waals surface area contributed by atoms with Crippen molar-refractivity contribution in [2.75, 3.05) is 19.5 Å². The van der Waals surface area contributed by atoms with Gasteiger partial charge in [-0.05, 0) is 30.7 Å². The van der Waals surface area contributed by atoms with Crippen LogP contribution in [0.25, 0.3) is 10.6 Å². The minimum absolute atomic E-state index is 0.662. The molecule has 0 atom stereocenters. The number of rotatable bonds is 6. The van der Waals surface area contributed by atoms with E-state index >= 15 is 0 Å². The first-order valence-corrected chi connectivity index (χ1v) is 8.34. The number of aryl methyl sites for hydroxylation is 2. The van der Waals surface area contributed by atoms with E-state index in [4.69, 9.17) is 9.47 Å². The molecule has 0 spiro atoms. The highest BCUT2D eigenvalue weighted by molar-refractivity contribution is 7.19. The van der Waals surface area contributed by atoms with Crippen molar-refractivity contribution >= 4 is 16.5 Å². The van der Waals surface area contributed by atoms with Gasteiger partial charge in [-0.1, -0.05) is 17.4 Å². The number of nitrogens with one attached hydrogen (secondary N) is 1. The maximum Gasteiger partial charge on any atom is 0.183 e. The monoisotopic (exact) mass is 344 g/mol. The van der Waals surface area contributed by atoms with Gasteiger partial charge >= 0.3 is 0 Å². The third-order valence-electron chi connectivity index (χ3n) is 3.63. The molecule has 2 heterocycles. The molecule has 126 valence electrons. The van der Waals surface area contributed by atoms with Crippen LogP contribution in [0.2, 0.25) is 0 Å². The van der Waals surface area contributed by atoms with E-state index in [1.807, 2.05) is 44.4 Å². The lowest BCUT2D eigenvalue weighted by molar-refractivity contribution is 0.354. The predicted octanol–water partition coefficient (Wildman–Crippen LogP) is 3.48. The van der Waals surface area contributed by atoms with Crippen molar-refractivity contribution in [1.82, 2.24) is 14.8 Å². The van der Waals surface area contributed by atoms with E-state index in [9.17, 15) is 0 Å². The molecule has 6 nitrogen and oxygen atoms in total. The average molecular weight is 344 g/mol. The molecule has 0 amide bonds. The van der Waals surface area contributed by atoms with Crippen LogP contribution in [-0.2, 0) is 13.6 Å². The Morgan fingerprint density at radius 3 is 2.62 bits per heavy atom. The van der Waals surface area contributed by atoms with Gasteiger partial charge in [-0.15, -0.1) is 0 Å². The third kappa shape index (κ3) is 3.35. The molecule has 24 heavy (non-hydrogen) atoms. The molecule has 7 heteroatoms. The highest BCUT2D eigenvalue weighted by Crippen LogP contribution is 2.32. The fourth-order valence-electron chi connectivity index (χ4n) is 2.41. The van der Waals surface area contributed by atoms with Crippen molar-refractivity contribution < 1.29 is 9.47 Å².